The van der Waals surface area contributed by atoms with E-state index in [-0.39, 0.29) is 9.79 Å². The van der Waals surface area contributed by atoms with Crippen molar-refractivity contribution >= 4 is 45.0 Å². The molecule has 3 rings (SSSR count). The van der Waals surface area contributed by atoms with E-state index in [9.17, 15) is 8.42 Å². The molecule has 0 bridgehead atoms. The summed E-state index contributed by atoms with van der Waals surface area (Å²) in [5.74, 6) is 1.53. The van der Waals surface area contributed by atoms with E-state index in [1.54, 1.807) is 59.9 Å². The molecular weight excluding hydrogens is 410 g/mol. The topological polar surface area (TPSA) is 64.8 Å². The second kappa shape index (κ2) is 8.04. The SMILES string of the molecule is CSc1nnc(CSc2ccc(S(=O)(=O)c3ccc(Cl)cc3)cc2)n1C. The number of hydrogen-bond donors (Lipinski definition) is 0. The quantitative estimate of drug-likeness (QED) is 0.548. The van der Waals surface area contributed by atoms with Gasteiger partial charge in [-0.1, -0.05) is 23.4 Å². The Kier molecular flexibility index (Phi) is 5.96. The van der Waals surface area contributed by atoms with Crippen LogP contribution in [0.5, 0.6) is 0 Å². The molecule has 0 atom stereocenters. The average molecular weight is 426 g/mol. The lowest BCUT2D eigenvalue weighted by Crippen LogP contribution is -2.01. The van der Waals surface area contributed by atoms with E-state index in [1.807, 2.05) is 17.9 Å². The third-order valence-electron chi connectivity index (χ3n) is 3.73. The zero-order chi connectivity index (χ0) is 18.7. The number of sulfone groups is 1. The molecule has 136 valence electrons. The summed E-state index contributed by atoms with van der Waals surface area (Å²) in [4.78, 5) is 1.45. The number of thioether (sulfide) groups is 2. The number of hydrogen-bond acceptors (Lipinski definition) is 6. The molecule has 5 nitrogen and oxygen atoms in total. The van der Waals surface area contributed by atoms with Gasteiger partial charge < -0.3 is 4.57 Å². The summed E-state index contributed by atoms with van der Waals surface area (Å²) in [6, 6.07) is 13.0. The van der Waals surface area contributed by atoms with Crippen LogP contribution < -0.4 is 0 Å². The molecule has 26 heavy (non-hydrogen) atoms. The van der Waals surface area contributed by atoms with Crippen molar-refractivity contribution in [2.45, 2.75) is 25.6 Å². The molecule has 0 fully saturated rings. The largest absolute Gasteiger partial charge is 0.308 e. The van der Waals surface area contributed by atoms with Crippen molar-refractivity contribution in [3.8, 4) is 0 Å². The van der Waals surface area contributed by atoms with Crippen LogP contribution in [0.1, 0.15) is 5.82 Å². The normalized spacial score (nSPS) is 11.7. The number of rotatable bonds is 6. The molecule has 9 heteroatoms. The van der Waals surface area contributed by atoms with Crippen LogP contribution in [0.15, 0.2) is 68.4 Å². The van der Waals surface area contributed by atoms with Gasteiger partial charge in [-0.15, -0.1) is 22.0 Å². The minimum Gasteiger partial charge on any atom is -0.308 e. The van der Waals surface area contributed by atoms with Gasteiger partial charge >= 0.3 is 0 Å². The fourth-order valence-electron chi connectivity index (χ4n) is 2.26. The zero-order valence-electron chi connectivity index (χ0n) is 14.1. The summed E-state index contributed by atoms with van der Waals surface area (Å²) in [5, 5.41) is 9.65. The summed E-state index contributed by atoms with van der Waals surface area (Å²) < 4.78 is 27.2. The molecule has 2 aromatic carbocycles. The first-order chi connectivity index (χ1) is 12.4. The van der Waals surface area contributed by atoms with Crippen molar-refractivity contribution in [3.63, 3.8) is 0 Å². The Labute approximate surface area is 166 Å². The van der Waals surface area contributed by atoms with Gasteiger partial charge in [-0.3, -0.25) is 0 Å². The fourth-order valence-corrected chi connectivity index (χ4v) is 5.03. The number of halogens is 1. The van der Waals surface area contributed by atoms with E-state index < -0.39 is 9.84 Å². The lowest BCUT2D eigenvalue weighted by atomic mass is 10.4. The van der Waals surface area contributed by atoms with Crippen molar-refractivity contribution in [2.24, 2.45) is 7.05 Å². The van der Waals surface area contributed by atoms with Gasteiger partial charge in [0.15, 0.2) is 5.16 Å². The van der Waals surface area contributed by atoms with Crippen LogP contribution >= 0.6 is 35.1 Å². The average Bonchev–Trinajstić information content (AvgIpc) is 3.00. The van der Waals surface area contributed by atoms with Gasteiger partial charge in [0.2, 0.25) is 9.84 Å². The molecule has 0 N–H and O–H groups in total. The number of benzene rings is 2. The third kappa shape index (κ3) is 4.09. The first-order valence-corrected chi connectivity index (χ1v) is 11.6. The maximum absolute atomic E-state index is 12.6. The van der Waals surface area contributed by atoms with E-state index in [1.165, 1.54) is 12.1 Å². The fraction of sp³-hybridized carbons (Fsp3) is 0.176. The monoisotopic (exact) mass is 425 g/mol. The predicted molar refractivity (Wildman–Crippen MR) is 106 cm³/mol. The van der Waals surface area contributed by atoms with Crippen molar-refractivity contribution < 1.29 is 8.42 Å². The molecule has 3 aromatic rings. The first kappa shape index (κ1) is 19.3. The Balaban J connectivity index is 1.73. The van der Waals surface area contributed by atoms with Crippen LogP contribution in [0.25, 0.3) is 0 Å². The highest BCUT2D eigenvalue weighted by atomic mass is 35.5. The molecule has 0 spiro atoms. The molecule has 0 amide bonds. The highest BCUT2D eigenvalue weighted by molar-refractivity contribution is 7.98. The lowest BCUT2D eigenvalue weighted by molar-refractivity contribution is 0.596. The van der Waals surface area contributed by atoms with E-state index in [0.717, 1.165) is 15.9 Å². The molecule has 0 aliphatic rings. The molecule has 0 aliphatic heterocycles. The Hall–Kier alpha value is -1.48. The Bertz CT molecular complexity index is 1000. The minimum absolute atomic E-state index is 0.228. The smallest absolute Gasteiger partial charge is 0.206 e. The number of nitrogens with zero attached hydrogens (tertiary/aromatic N) is 3. The Morgan fingerprint density at radius 3 is 2.12 bits per heavy atom. The van der Waals surface area contributed by atoms with Gasteiger partial charge in [-0.05, 0) is 54.8 Å². The minimum atomic E-state index is -3.54. The van der Waals surface area contributed by atoms with Gasteiger partial charge in [0.25, 0.3) is 0 Å². The van der Waals surface area contributed by atoms with Gasteiger partial charge in [0.05, 0.1) is 15.5 Å². The number of aromatic nitrogens is 3. The molecule has 0 aliphatic carbocycles. The van der Waals surface area contributed by atoms with Gasteiger partial charge in [-0.25, -0.2) is 8.42 Å². The van der Waals surface area contributed by atoms with Crippen molar-refractivity contribution in [2.75, 3.05) is 6.26 Å². The molecular formula is C17H16ClN3O2S3. The highest BCUT2D eigenvalue weighted by Crippen LogP contribution is 2.27. The van der Waals surface area contributed by atoms with Crippen LogP contribution in [0, 0.1) is 0 Å². The standard InChI is InChI=1S/C17H16ClN3O2S3/c1-21-16(19-20-17(21)24-2)11-25-13-5-9-15(10-6-13)26(22,23)14-7-3-12(18)4-8-14/h3-10H,11H2,1-2H3. The van der Waals surface area contributed by atoms with E-state index in [0.29, 0.717) is 10.8 Å². The Morgan fingerprint density at radius 1 is 1.00 bits per heavy atom. The van der Waals surface area contributed by atoms with Gasteiger partial charge in [0, 0.05) is 17.0 Å². The van der Waals surface area contributed by atoms with Crippen molar-refractivity contribution in [1.29, 1.82) is 0 Å². The molecule has 0 unspecified atom stereocenters. The van der Waals surface area contributed by atoms with Gasteiger partial charge in [0.1, 0.15) is 5.82 Å². The zero-order valence-corrected chi connectivity index (χ0v) is 17.3. The summed E-state index contributed by atoms with van der Waals surface area (Å²) >= 11 is 8.96. The Morgan fingerprint density at radius 2 is 1.58 bits per heavy atom. The maximum atomic E-state index is 12.6. The summed E-state index contributed by atoms with van der Waals surface area (Å²) in [6.45, 7) is 0. The van der Waals surface area contributed by atoms with E-state index >= 15 is 0 Å². The lowest BCUT2D eigenvalue weighted by Gasteiger charge is -2.06. The molecule has 1 heterocycles. The van der Waals surface area contributed by atoms with Crippen molar-refractivity contribution in [3.05, 3.63) is 59.4 Å². The van der Waals surface area contributed by atoms with Gasteiger partial charge in [-0.2, -0.15) is 0 Å². The van der Waals surface area contributed by atoms with Crippen LogP contribution in [0.3, 0.4) is 0 Å². The van der Waals surface area contributed by atoms with E-state index in [2.05, 4.69) is 10.2 Å². The molecule has 1 aromatic heterocycles. The molecule has 0 saturated heterocycles. The summed E-state index contributed by atoms with van der Waals surface area (Å²) in [6.07, 6.45) is 1.96. The predicted octanol–water partition coefficient (Wildman–Crippen LogP) is 4.32. The summed E-state index contributed by atoms with van der Waals surface area (Å²) in [7, 11) is -1.61. The van der Waals surface area contributed by atoms with Crippen LogP contribution in [0.2, 0.25) is 5.02 Å². The molecule has 0 radical (unpaired) electrons. The van der Waals surface area contributed by atoms with E-state index in [4.69, 9.17) is 11.6 Å². The third-order valence-corrected chi connectivity index (χ3v) is 7.50. The summed E-state index contributed by atoms with van der Waals surface area (Å²) in [5.41, 5.74) is 0. The molecule has 0 saturated carbocycles. The first-order valence-electron chi connectivity index (χ1n) is 7.57. The highest BCUT2D eigenvalue weighted by Gasteiger charge is 2.17. The van der Waals surface area contributed by atoms with Crippen LogP contribution in [0.4, 0.5) is 0 Å². The second-order valence-corrected chi connectivity index (χ2v) is 9.59. The maximum Gasteiger partial charge on any atom is 0.206 e. The van der Waals surface area contributed by atoms with Crippen LogP contribution in [-0.2, 0) is 22.6 Å². The van der Waals surface area contributed by atoms with Crippen molar-refractivity contribution in [1.82, 2.24) is 14.8 Å². The second-order valence-electron chi connectivity index (χ2n) is 5.38. The van der Waals surface area contributed by atoms with Crippen LogP contribution in [-0.4, -0.2) is 29.4 Å².